The Bertz CT molecular complexity index is 566. The van der Waals surface area contributed by atoms with E-state index in [-0.39, 0.29) is 11.8 Å². The van der Waals surface area contributed by atoms with Gasteiger partial charge in [0.2, 0.25) is 5.91 Å². The average Bonchev–Trinajstić information content (AvgIpc) is 2.62. The Kier molecular flexibility index (Phi) is 5.91. The van der Waals surface area contributed by atoms with Crippen LogP contribution in [0.15, 0.2) is 18.3 Å². The van der Waals surface area contributed by atoms with Crippen LogP contribution in [0, 0.1) is 5.92 Å². The maximum absolute atomic E-state index is 12.4. The Balaban J connectivity index is 1.53. The molecule has 1 aromatic heterocycles. The summed E-state index contributed by atoms with van der Waals surface area (Å²) in [5.74, 6) is 0.839. The number of hydrogen-bond donors (Lipinski definition) is 2. The van der Waals surface area contributed by atoms with Gasteiger partial charge in [0.25, 0.3) is 0 Å². The third-order valence-corrected chi connectivity index (χ3v) is 5.55. The van der Waals surface area contributed by atoms with E-state index < -0.39 is 0 Å². The van der Waals surface area contributed by atoms with Gasteiger partial charge in [-0.25, -0.2) is 4.98 Å². The van der Waals surface area contributed by atoms with Gasteiger partial charge in [-0.2, -0.15) is 0 Å². The van der Waals surface area contributed by atoms with Crippen LogP contribution in [-0.2, 0) is 4.79 Å². The molecule has 25 heavy (non-hydrogen) atoms. The first-order valence-corrected chi connectivity index (χ1v) is 9.44. The number of piperidine rings is 2. The van der Waals surface area contributed by atoms with E-state index in [1.54, 1.807) is 0 Å². The van der Waals surface area contributed by atoms with Crippen LogP contribution in [0.1, 0.15) is 32.6 Å². The van der Waals surface area contributed by atoms with Crippen LogP contribution in [0.3, 0.4) is 0 Å². The van der Waals surface area contributed by atoms with Crippen LogP contribution in [0.2, 0.25) is 0 Å². The van der Waals surface area contributed by atoms with Gasteiger partial charge in [-0.05, 0) is 65.4 Å². The van der Waals surface area contributed by atoms with Gasteiger partial charge in [-0.3, -0.25) is 4.79 Å². The molecule has 1 amide bonds. The largest absolute Gasteiger partial charge is 0.370 e. The summed E-state index contributed by atoms with van der Waals surface area (Å²) in [5.41, 5.74) is 1.14. The summed E-state index contributed by atoms with van der Waals surface area (Å²) in [5, 5.41) is 6.36. The van der Waals surface area contributed by atoms with Crippen LogP contribution in [0.5, 0.6) is 0 Å². The molecule has 3 heterocycles. The predicted octanol–water partition coefficient (Wildman–Crippen LogP) is 1.94. The number of carbonyl (C=O) groups excluding carboxylic acids is 1. The highest BCUT2D eigenvalue weighted by Gasteiger charge is 2.25. The van der Waals surface area contributed by atoms with Crippen LogP contribution < -0.4 is 15.5 Å². The molecule has 2 fully saturated rings. The maximum Gasteiger partial charge on any atom is 0.228 e. The first kappa shape index (κ1) is 18.1. The van der Waals surface area contributed by atoms with Crippen LogP contribution in [0.4, 0.5) is 11.5 Å². The van der Waals surface area contributed by atoms with Gasteiger partial charge >= 0.3 is 0 Å². The van der Waals surface area contributed by atoms with E-state index in [4.69, 9.17) is 0 Å². The normalized spacial score (nSPS) is 25.2. The zero-order valence-corrected chi connectivity index (χ0v) is 15.7. The lowest BCUT2D eigenvalue weighted by Gasteiger charge is -2.36. The second-order valence-electron chi connectivity index (χ2n) is 7.65. The Morgan fingerprint density at radius 1 is 1.28 bits per heavy atom. The molecule has 2 saturated heterocycles. The lowest BCUT2D eigenvalue weighted by molar-refractivity contribution is -0.120. The molecule has 0 saturated carbocycles. The number of pyridine rings is 1. The molecule has 2 aliphatic heterocycles. The van der Waals surface area contributed by atoms with E-state index in [0.29, 0.717) is 17.9 Å². The molecule has 0 bridgehead atoms. The van der Waals surface area contributed by atoms with Gasteiger partial charge in [0.1, 0.15) is 5.82 Å². The number of carbonyl (C=O) groups is 1. The number of anilines is 2. The van der Waals surface area contributed by atoms with Gasteiger partial charge in [-0.15, -0.1) is 0 Å². The zero-order valence-electron chi connectivity index (χ0n) is 15.7. The van der Waals surface area contributed by atoms with Crippen molar-refractivity contribution in [3.05, 3.63) is 18.3 Å². The fourth-order valence-corrected chi connectivity index (χ4v) is 3.89. The second kappa shape index (κ2) is 8.15. The minimum absolute atomic E-state index is 0.0859. The second-order valence-corrected chi connectivity index (χ2v) is 7.65. The minimum Gasteiger partial charge on any atom is -0.370 e. The molecule has 0 unspecified atom stereocenters. The Labute approximate surface area is 151 Å². The van der Waals surface area contributed by atoms with Gasteiger partial charge in [-0.1, -0.05) is 0 Å². The molecule has 0 radical (unpaired) electrons. The van der Waals surface area contributed by atoms with Crippen molar-refractivity contribution in [2.75, 3.05) is 43.9 Å². The molecule has 0 spiro atoms. The molecule has 3 rings (SSSR count). The Hall–Kier alpha value is -1.66. The monoisotopic (exact) mass is 345 g/mol. The van der Waals surface area contributed by atoms with E-state index in [0.717, 1.165) is 38.2 Å². The van der Waals surface area contributed by atoms with E-state index in [9.17, 15) is 4.79 Å². The molecule has 2 aliphatic rings. The maximum atomic E-state index is 12.4. The fraction of sp³-hybridized carbons (Fsp3) is 0.684. The van der Waals surface area contributed by atoms with Crippen molar-refractivity contribution in [1.82, 2.24) is 15.2 Å². The van der Waals surface area contributed by atoms with E-state index in [1.165, 1.54) is 12.8 Å². The third kappa shape index (κ3) is 4.70. The standard InChI is InChI=1S/C19H31N5O/c1-14-12-15(6-9-20-14)19(25)22-18-5-4-17(13-21-18)24-10-7-16(8-11-24)23(2)3/h4-5,13-16,20H,6-12H2,1-3H3,(H,21,22,25)/t14-,15-/m0/s1. The fourth-order valence-electron chi connectivity index (χ4n) is 3.89. The summed E-state index contributed by atoms with van der Waals surface area (Å²) in [6, 6.07) is 5.08. The van der Waals surface area contributed by atoms with E-state index in [1.807, 2.05) is 12.3 Å². The van der Waals surface area contributed by atoms with Crippen molar-refractivity contribution in [1.29, 1.82) is 0 Å². The molecular weight excluding hydrogens is 314 g/mol. The third-order valence-electron chi connectivity index (χ3n) is 5.55. The topological polar surface area (TPSA) is 60.5 Å². The highest BCUT2D eigenvalue weighted by Crippen LogP contribution is 2.23. The highest BCUT2D eigenvalue weighted by atomic mass is 16.1. The molecule has 2 atom stereocenters. The van der Waals surface area contributed by atoms with Crippen LogP contribution in [0.25, 0.3) is 0 Å². The summed E-state index contributed by atoms with van der Waals surface area (Å²) in [4.78, 5) is 21.6. The molecule has 2 N–H and O–H groups in total. The molecular formula is C19H31N5O. The molecule has 138 valence electrons. The summed E-state index contributed by atoms with van der Waals surface area (Å²) < 4.78 is 0. The first-order chi connectivity index (χ1) is 12.0. The summed E-state index contributed by atoms with van der Waals surface area (Å²) in [6.07, 6.45) is 6.04. The van der Waals surface area contributed by atoms with E-state index >= 15 is 0 Å². The number of nitrogens with zero attached hydrogens (tertiary/aromatic N) is 3. The van der Waals surface area contributed by atoms with Crippen molar-refractivity contribution in [2.24, 2.45) is 5.92 Å². The van der Waals surface area contributed by atoms with Crippen LogP contribution >= 0.6 is 0 Å². The molecule has 6 nitrogen and oxygen atoms in total. The Morgan fingerprint density at radius 2 is 2.04 bits per heavy atom. The summed E-state index contributed by atoms with van der Waals surface area (Å²) in [6.45, 7) is 5.16. The lowest BCUT2D eigenvalue weighted by atomic mass is 9.92. The van der Waals surface area contributed by atoms with Gasteiger partial charge in [0, 0.05) is 31.1 Å². The van der Waals surface area contributed by atoms with Gasteiger partial charge in [0.05, 0.1) is 11.9 Å². The summed E-state index contributed by atoms with van der Waals surface area (Å²) >= 11 is 0. The van der Waals surface area contributed by atoms with Crippen molar-refractivity contribution >= 4 is 17.4 Å². The first-order valence-electron chi connectivity index (χ1n) is 9.44. The molecule has 1 aromatic rings. The highest BCUT2D eigenvalue weighted by molar-refractivity contribution is 5.91. The number of hydrogen-bond acceptors (Lipinski definition) is 5. The number of aromatic nitrogens is 1. The molecule has 0 aliphatic carbocycles. The van der Waals surface area contributed by atoms with E-state index in [2.05, 4.69) is 52.5 Å². The van der Waals surface area contributed by atoms with Gasteiger partial charge in [0.15, 0.2) is 0 Å². The SMILES string of the molecule is C[C@H]1C[C@@H](C(=O)Nc2ccc(N3CCC(N(C)C)CC3)cn2)CCN1. The number of amides is 1. The van der Waals surface area contributed by atoms with Gasteiger partial charge < -0.3 is 20.4 Å². The minimum atomic E-state index is 0.0859. The average molecular weight is 345 g/mol. The van der Waals surface area contributed by atoms with Crippen molar-refractivity contribution in [3.63, 3.8) is 0 Å². The summed E-state index contributed by atoms with van der Waals surface area (Å²) in [7, 11) is 4.31. The Morgan fingerprint density at radius 3 is 2.64 bits per heavy atom. The van der Waals surface area contributed by atoms with Crippen molar-refractivity contribution < 1.29 is 4.79 Å². The number of nitrogens with one attached hydrogen (secondary N) is 2. The lowest BCUT2D eigenvalue weighted by Crippen LogP contribution is -2.42. The number of rotatable bonds is 4. The quantitative estimate of drug-likeness (QED) is 0.873. The molecule has 0 aromatic carbocycles. The van der Waals surface area contributed by atoms with Crippen molar-refractivity contribution in [3.8, 4) is 0 Å². The molecule has 6 heteroatoms. The smallest absolute Gasteiger partial charge is 0.228 e. The van der Waals surface area contributed by atoms with Crippen LogP contribution in [-0.4, -0.2) is 61.6 Å². The van der Waals surface area contributed by atoms with Crippen molar-refractivity contribution in [2.45, 2.75) is 44.7 Å². The zero-order chi connectivity index (χ0) is 17.8. The predicted molar refractivity (Wildman–Crippen MR) is 102 cm³/mol.